The first-order valence-electron chi connectivity index (χ1n) is 10.0. The van der Waals surface area contributed by atoms with Gasteiger partial charge in [-0.3, -0.25) is 9.59 Å². The fourth-order valence-electron chi connectivity index (χ4n) is 3.65. The van der Waals surface area contributed by atoms with Crippen molar-refractivity contribution in [2.45, 2.75) is 38.6 Å². The van der Waals surface area contributed by atoms with Crippen molar-refractivity contribution in [2.75, 3.05) is 13.1 Å². The van der Waals surface area contributed by atoms with Crippen molar-refractivity contribution in [3.8, 4) is 0 Å². The molecule has 3 rings (SSSR count). The zero-order valence-corrected chi connectivity index (χ0v) is 18.0. The topological polar surface area (TPSA) is 49.4 Å². The summed E-state index contributed by atoms with van der Waals surface area (Å²) in [7, 11) is 0. The second-order valence-electron chi connectivity index (χ2n) is 7.65. The second-order valence-corrected chi connectivity index (χ2v) is 8.47. The summed E-state index contributed by atoms with van der Waals surface area (Å²) in [5, 5.41) is 3.90. The molecule has 154 valence electrons. The molecule has 0 radical (unpaired) electrons. The molecule has 1 N–H and O–H groups in total. The molecule has 0 spiro atoms. The Balaban J connectivity index is 1.53. The maximum atomic E-state index is 12.8. The number of rotatable bonds is 6. The standard InChI is InChI=1S/C23H26Cl2N2O2/c1-16(9-10-17-6-3-2-4-7-17)26-22(28)19-8-5-13-27(15-19)23(29)18-11-12-20(24)21(25)14-18/h2-4,6-7,11-12,14,16,19H,5,8-10,13,15H2,1H3,(H,26,28). The zero-order valence-electron chi connectivity index (χ0n) is 16.5. The van der Waals surface area contributed by atoms with Crippen LogP contribution in [0.2, 0.25) is 10.0 Å². The first kappa shape index (κ1) is 21.7. The van der Waals surface area contributed by atoms with Gasteiger partial charge in [0.25, 0.3) is 5.91 Å². The van der Waals surface area contributed by atoms with E-state index in [4.69, 9.17) is 23.2 Å². The van der Waals surface area contributed by atoms with Crippen LogP contribution in [0.5, 0.6) is 0 Å². The Kier molecular flexibility index (Phi) is 7.57. The SMILES string of the molecule is CC(CCc1ccccc1)NC(=O)C1CCCN(C(=O)c2ccc(Cl)c(Cl)c2)C1. The molecular formula is C23H26Cl2N2O2. The van der Waals surface area contributed by atoms with Gasteiger partial charge in [-0.15, -0.1) is 0 Å². The lowest BCUT2D eigenvalue weighted by atomic mass is 9.95. The number of benzene rings is 2. The Hall–Kier alpha value is -2.04. The lowest BCUT2D eigenvalue weighted by molar-refractivity contribution is -0.127. The van der Waals surface area contributed by atoms with Crippen LogP contribution in [0.25, 0.3) is 0 Å². The first-order valence-corrected chi connectivity index (χ1v) is 10.8. The molecule has 1 aliphatic heterocycles. The molecule has 0 bridgehead atoms. The molecule has 29 heavy (non-hydrogen) atoms. The minimum atomic E-state index is -0.186. The minimum absolute atomic E-state index is 0.0252. The number of nitrogens with one attached hydrogen (secondary N) is 1. The van der Waals surface area contributed by atoms with Gasteiger partial charge in [-0.1, -0.05) is 53.5 Å². The monoisotopic (exact) mass is 432 g/mol. The van der Waals surface area contributed by atoms with Crippen LogP contribution in [0.15, 0.2) is 48.5 Å². The van der Waals surface area contributed by atoms with Gasteiger partial charge in [0.1, 0.15) is 0 Å². The molecular weight excluding hydrogens is 407 g/mol. The predicted molar refractivity (Wildman–Crippen MR) is 117 cm³/mol. The molecule has 1 heterocycles. The highest BCUT2D eigenvalue weighted by Gasteiger charge is 2.29. The van der Waals surface area contributed by atoms with E-state index in [1.807, 2.05) is 25.1 Å². The van der Waals surface area contributed by atoms with E-state index in [1.54, 1.807) is 23.1 Å². The summed E-state index contributed by atoms with van der Waals surface area (Å²) < 4.78 is 0. The smallest absolute Gasteiger partial charge is 0.253 e. The van der Waals surface area contributed by atoms with Crippen LogP contribution in [0.1, 0.15) is 42.1 Å². The molecule has 2 aromatic rings. The lowest BCUT2D eigenvalue weighted by Gasteiger charge is -2.32. The van der Waals surface area contributed by atoms with Crippen LogP contribution in [-0.4, -0.2) is 35.8 Å². The van der Waals surface area contributed by atoms with E-state index in [1.165, 1.54) is 5.56 Å². The highest BCUT2D eigenvalue weighted by molar-refractivity contribution is 6.42. The van der Waals surface area contributed by atoms with Crippen molar-refractivity contribution >= 4 is 35.0 Å². The zero-order chi connectivity index (χ0) is 20.8. The molecule has 1 saturated heterocycles. The molecule has 2 atom stereocenters. The third-order valence-electron chi connectivity index (χ3n) is 5.34. The summed E-state index contributed by atoms with van der Waals surface area (Å²) in [5.74, 6) is -0.273. The van der Waals surface area contributed by atoms with E-state index in [9.17, 15) is 9.59 Å². The summed E-state index contributed by atoms with van der Waals surface area (Å²) in [6.07, 6.45) is 3.41. The number of amides is 2. The van der Waals surface area contributed by atoms with E-state index < -0.39 is 0 Å². The molecule has 2 amide bonds. The van der Waals surface area contributed by atoms with Gasteiger partial charge >= 0.3 is 0 Å². The molecule has 4 nitrogen and oxygen atoms in total. The van der Waals surface area contributed by atoms with Crippen molar-refractivity contribution in [3.05, 3.63) is 69.7 Å². The van der Waals surface area contributed by atoms with E-state index >= 15 is 0 Å². The van der Waals surface area contributed by atoms with E-state index in [-0.39, 0.29) is 23.8 Å². The number of likely N-dealkylation sites (tertiary alicyclic amines) is 1. The van der Waals surface area contributed by atoms with Gasteiger partial charge in [-0.05, 0) is 56.4 Å². The summed E-state index contributed by atoms with van der Waals surface area (Å²) in [4.78, 5) is 27.3. The number of hydrogen-bond donors (Lipinski definition) is 1. The molecule has 2 unspecified atom stereocenters. The maximum absolute atomic E-state index is 12.8. The second kappa shape index (κ2) is 10.1. The van der Waals surface area contributed by atoms with Gasteiger partial charge in [-0.2, -0.15) is 0 Å². The molecule has 0 aliphatic carbocycles. The number of piperidine rings is 1. The number of halogens is 2. The number of nitrogens with zero attached hydrogens (tertiary/aromatic N) is 1. The number of carbonyl (C=O) groups is 2. The van der Waals surface area contributed by atoms with Crippen molar-refractivity contribution in [2.24, 2.45) is 5.92 Å². The van der Waals surface area contributed by atoms with Crippen LogP contribution >= 0.6 is 23.2 Å². The van der Waals surface area contributed by atoms with Crippen molar-refractivity contribution in [3.63, 3.8) is 0 Å². The third kappa shape index (κ3) is 5.97. The van der Waals surface area contributed by atoms with Gasteiger partial charge in [-0.25, -0.2) is 0 Å². The Morgan fingerprint density at radius 2 is 1.90 bits per heavy atom. The predicted octanol–water partition coefficient (Wildman–Crippen LogP) is 4.98. The van der Waals surface area contributed by atoms with Crippen LogP contribution in [0.4, 0.5) is 0 Å². The minimum Gasteiger partial charge on any atom is -0.353 e. The van der Waals surface area contributed by atoms with Crippen LogP contribution in [0, 0.1) is 5.92 Å². The normalized spacial score (nSPS) is 17.6. The van der Waals surface area contributed by atoms with Crippen molar-refractivity contribution < 1.29 is 9.59 Å². The Morgan fingerprint density at radius 3 is 2.62 bits per heavy atom. The summed E-state index contributed by atoms with van der Waals surface area (Å²) in [6.45, 7) is 3.10. The number of hydrogen-bond acceptors (Lipinski definition) is 2. The fraction of sp³-hybridized carbons (Fsp3) is 0.391. The highest BCUT2D eigenvalue weighted by Crippen LogP contribution is 2.25. The molecule has 1 aliphatic rings. The Morgan fingerprint density at radius 1 is 1.14 bits per heavy atom. The Labute approximate surface area is 182 Å². The fourth-order valence-corrected chi connectivity index (χ4v) is 3.95. The van der Waals surface area contributed by atoms with Crippen LogP contribution in [-0.2, 0) is 11.2 Å². The molecule has 0 aromatic heterocycles. The van der Waals surface area contributed by atoms with Crippen molar-refractivity contribution in [1.82, 2.24) is 10.2 Å². The van der Waals surface area contributed by atoms with Gasteiger partial charge in [0.15, 0.2) is 0 Å². The quantitative estimate of drug-likeness (QED) is 0.699. The van der Waals surface area contributed by atoms with E-state index in [0.717, 1.165) is 25.7 Å². The largest absolute Gasteiger partial charge is 0.353 e. The Bertz CT molecular complexity index is 857. The van der Waals surface area contributed by atoms with Crippen LogP contribution < -0.4 is 5.32 Å². The van der Waals surface area contributed by atoms with E-state index in [0.29, 0.717) is 28.7 Å². The molecule has 1 fully saturated rings. The lowest BCUT2D eigenvalue weighted by Crippen LogP contribution is -2.47. The van der Waals surface area contributed by atoms with Crippen molar-refractivity contribution in [1.29, 1.82) is 0 Å². The summed E-state index contributed by atoms with van der Waals surface area (Å²) in [5.41, 5.74) is 1.77. The summed E-state index contributed by atoms with van der Waals surface area (Å²) in [6, 6.07) is 15.2. The van der Waals surface area contributed by atoms with Gasteiger partial charge in [0.05, 0.1) is 16.0 Å². The van der Waals surface area contributed by atoms with Gasteiger partial charge in [0, 0.05) is 24.7 Å². The average Bonchev–Trinajstić information content (AvgIpc) is 2.74. The highest BCUT2D eigenvalue weighted by atomic mass is 35.5. The molecule has 0 saturated carbocycles. The number of carbonyl (C=O) groups excluding carboxylic acids is 2. The molecule has 2 aromatic carbocycles. The molecule has 6 heteroatoms. The van der Waals surface area contributed by atoms with E-state index in [2.05, 4.69) is 17.4 Å². The summed E-state index contributed by atoms with van der Waals surface area (Å²) >= 11 is 12.0. The average molecular weight is 433 g/mol. The van der Waals surface area contributed by atoms with Crippen LogP contribution in [0.3, 0.4) is 0 Å². The third-order valence-corrected chi connectivity index (χ3v) is 6.08. The first-order chi connectivity index (χ1) is 13.9. The van der Waals surface area contributed by atoms with Gasteiger partial charge < -0.3 is 10.2 Å². The maximum Gasteiger partial charge on any atom is 0.253 e. The van der Waals surface area contributed by atoms with Gasteiger partial charge in [0.2, 0.25) is 5.91 Å². The number of aryl methyl sites for hydroxylation is 1.